The summed E-state index contributed by atoms with van der Waals surface area (Å²) in [5.74, 6) is 0. The first-order chi connectivity index (χ1) is 8.42. The first-order valence-corrected chi connectivity index (χ1v) is 6.62. The minimum Gasteiger partial charge on any atom is -0.350 e. The average Bonchev–Trinajstić information content (AvgIpc) is 2.80. The second-order valence-electron chi connectivity index (χ2n) is 4.00. The number of fused-ring (bicyclic) bond motifs is 1. The highest BCUT2D eigenvalue weighted by atomic mass is 32.1. The van der Waals surface area contributed by atoms with Gasteiger partial charge in [0.2, 0.25) is 5.13 Å². The highest BCUT2D eigenvalue weighted by molar-refractivity contribution is 7.22. The lowest BCUT2D eigenvalue weighted by molar-refractivity contribution is -0.145. The van der Waals surface area contributed by atoms with E-state index >= 15 is 0 Å². The van der Waals surface area contributed by atoms with E-state index in [4.69, 9.17) is 9.57 Å². The van der Waals surface area contributed by atoms with Crippen molar-refractivity contribution >= 4 is 26.7 Å². The van der Waals surface area contributed by atoms with Crippen LogP contribution < -0.4 is 5.48 Å². The van der Waals surface area contributed by atoms with Crippen LogP contribution in [0.2, 0.25) is 0 Å². The maximum atomic E-state index is 5.47. The molecule has 4 nitrogen and oxygen atoms in total. The topological polar surface area (TPSA) is 43.4 Å². The molecule has 1 unspecified atom stereocenters. The van der Waals surface area contributed by atoms with Gasteiger partial charge in [0.1, 0.15) is 0 Å². The Morgan fingerprint density at radius 2 is 2.29 bits per heavy atom. The molecule has 1 aliphatic heterocycles. The van der Waals surface area contributed by atoms with Crippen molar-refractivity contribution in [2.75, 3.05) is 12.1 Å². The number of nitrogens with zero attached hydrogens (tertiary/aromatic N) is 1. The number of ether oxygens (including phenoxy) is 1. The van der Waals surface area contributed by atoms with Crippen LogP contribution in [0, 0.1) is 0 Å². The van der Waals surface area contributed by atoms with Gasteiger partial charge in [0.25, 0.3) is 0 Å². The molecule has 0 aliphatic carbocycles. The van der Waals surface area contributed by atoms with Gasteiger partial charge in [-0.05, 0) is 25.0 Å². The summed E-state index contributed by atoms with van der Waals surface area (Å²) < 4.78 is 6.62. The lowest BCUT2D eigenvalue weighted by Gasteiger charge is -2.21. The Hall–Kier alpha value is -1.17. The van der Waals surface area contributed by atoms with Crippen molar-refractivity contribution < 1.29 is 9.57 Å². The van der Waals surface area contributed by atoms with E-state index in [2.05, 4.69) is 16.5 Å². The molecule has 1 fully saturated rings. The first kappa shape index (κ1) is 11.0. The Labute approximate surface area is 104 Å². The molecular weight excluding hydrogens is 236 g/mol. The van der Waals surface area contributed by atoms with Gasteiger partial charge in [0.05, 0.1) is 10.2 Å². The van der Waals surface area contributed by atoms with Crippen LogP contribution in [0.15, 0.2) is 24.3 Å². The van der Waals surface area contributed by atoms with Gasteiger partial charge in [-0.1, -0.05) is 23.5 Å². The standard InChI is InChI=1S/C12H14N2O2S/c1-2-6-10-9(5-1)13-12(17-10)14-16-11-7-3-4-8-15-11/h1-2,5-6,11H,3-4,7-8H2,(H,13,14). The SMILES string of the molecule is c1ccc2sc(NOC3CCCCO3)nc2c1. The Balaban J connectivity index is 1.64. The van der Waals surface area contributed by atoms with Crippen LogP contribution in [-0.4, -0.2) is 17.9 Å². The number of rotatable bonds is 3. The minimum absolute atomic E-state index is 0.143. The van der Waals surface area contributed by atoms with Gasteiger partial charge in [-0.2, -0.15) is 0 Å². The molecule has 1 saturated heterocycles. The molecule has 2 heterocycles. The second-order valence-corrected chi connectivity index (χ2v) is 5.03. The van der Waals surface area contributed by atoms with Crippen LogP contribution in [0.5, 0.6) is 0 Å². The van der Waals surface area contributed by atoms with Crippen LogP contribution in [-0.2, 0) is 9.57 Å². The number of hydrogen-bond donors (Lipinski definition) is 1. The number of anilines is 1. The van der Waals surface area contributed by atoms with Gasteiger partial charge in [-0.3, -0.25) is 0 Å². The number of aromatic nitrogens is 1. The second kappa shape index (κ2) is 5.00. The molecule has 0 radical (unpaired) electrons. The first-order valence-electron chi connectivity index (χ1n) is 5.81. The lowest BCUT2D eigenvalue weighted by atomic mass is 10.2. The van der Waals surface area contributed by atoms with Gasteiger partial charge in [0.15, 0.2) is 6.29 Å². The average molecular weight is 250 g/mol. The molecule has 0 saturated carbocycles. The van der Waals surface area contributed by atoms with E-state index in [9.17, 15) is 0 Å². The van der Waals surface area contributed by atoms with Crippen molar-refractivity contribution in [3.05, 3.63) is 24.3 Å². The fourth-order valence-corrected chi connectivity index (χ4v) is 2.64. The van der Waals surface area contributed by atoms with Crippen molar-refractivity contribution in [2.45, 2.75) is 25.6 Å². The fraction of sp³-hybridized carbons (Fsp3) is 0.417. The molecule has 0 bridgehead atoms. The van der Waals surface area contributed by atoms with Gasteiger partial charge < -0.3 is 4.74 Å². The third-order valence-electron chi connectivity index (χ3n) is 2.71. The van der Waals surface area contributed by atoms with E-state index in [0.29, 0.717) is 0 Å². The van der Waals surface area contributed by atoms with Crippen molar-refractivity contribution in [3.8, 4) is 0 Å². The molecule has 1 atom stereocenters. The van der Waals surface area contributed by atoms with Crippen LogP contribution in [0.25, 0.3) is 10.2 Å². The monoisotopic (exact) mass is 250 g/mol. The van der Waals surface area contributed by atoms with E-state index in [1.807, 2.05) is 18.2 Å². The molecule has 0 amide bonds. The predicted octanol–water partition coefficient (Wildman–Crippen LogP) is 3.17. The minimum atomic E-state index is -0.143. The van der Waals surface area contributed by atoms with Crippen molar-refractivity contribution in [1.29, 1.82) is 0 Å². The van der Waals surface area contributed by atoms with E-state index in [-0.39, 0.29) is 6.29 Å². The van der Waals surface area contributed by atoms with Crippen LogP contribution in [0.3, 0.4) is 0 Å². The Morgan fingerprint density at radius 1 is 1.35 bits per heavy atom. The summed E-state index contributed by atoms with van der Waals surface area (Å²) in [6.45, 7) is 0.784. The molecule has 3 rings (SSSR count). The third kappa shape index (κ3) is 2.57. The van der Waals surface area contributed by atoms with Crippen molar-refractivity contribution in [1.82, 2.24) is 4.98 Å². The molecular formula is C12H14N2O2S. The third-order valence-corrected chi connectivity index (χ3v) is 3.64. The van der Waals surface area contributed by atoms with Gasteiger partial charge in [-0.15, -0.1) is 0 Å². The van der Waals surface area contributed by atoms with Gasteiger partial charge >= 0.3 is 0 Å². The van der Waals surface area contributed by atoms with Crippen molar-refractivity contribution in [2.24, 2.45) is 0 Å². The van der Waals surface area contributed by atoms with Gasteiger partial charge in [-0.25, -0.2) is 15.3 Å². The van der Waals surface area contributed by atoms with Crippen LogP contribution in [0.4, 0.5) is 5.13 Å². The smallest absolute Gasteiger partial charge is 0.208 e. The van der Waals surface area contributed by atoms with Crippen LogP contribution >= 0.6 is 11.3 Å². The zero-order valence-electron chi connectivity index (χ0n) is 9.39. The Bertz CT molecular complexity index is 461. The van der Waals surface area contributed by atoms with E-state index < -0.39 is 0 Å². The summed E-state index contributed by atoms with van der Waals surface area (Å²) in [7, 11) is 0. The molecule has 1 aromatic heterocycles. The van der Waals surface area contributed by atoms with E-state index in [1.165, 1.54) is 0 Å². The number of hydrogen-bond acceptors (Lipinski definition) is 5. The normalized spacial score (nSPS) is 20.6. The molecule has 1 aliphatic rings. The summed E-state index contributed by atoms with van der Waals surface area (Å²) in [6.07, 6.45) is 3.08. The molecule has 0 spiro atoms. The summed E-state index contributed by atoms with van der Waals surface area (Å²) in [5.41, 5.74) is 3.88. The molecule has 90 valence electrons. The van der Waals surface area contributed by atoms with E-state index in [1.54, 1.807) is 11.3 Å². The quantitative estimate of drug-likeness (QED) is 0.850. The maximum absolute atomic E-state index is 5.47. The van der Waals surface area contributed by atoms with E-state index in [0.717, 1.165) is 41.2 Å². The molecule has 17 heavy (non-hydrogen) atoms. The summed E-state index contributed by atoms with van der Waals surface area (Å²) in [6, 6.07) is 8.04. The van der Waals surface area contributed by atoms with Crippen molar-refractivity contribution in [3.63, 3.8) is 0 Å². The molecule has 2 aromatic rings. The molecule has 5 heteroatoms. The van der Waals surface area contributed by atoms with Crippen LogP contribution in [0.1, 0.15) is 19.3 Å². The number of nitrogens with one attached hydrogen (secondary N) is 1. The lowest BCUT2D eigenvalue weighted by Crippen LogP contribution is -2.24. The highest BCUT2D eigenvalue weighted by Crippen LogP contribution is 2.26. The molecule has 1 N–H and O–H groups in total. The Morgan fingerprint density at radius 3 is 3.12 bits per heavy atom. The Kier molecular flexibility index (Phi) is 3.22. The number of para-hydroxylation sites is 1. The zero-order chi connectivity index (χ0) is 11.5. The zero-order valence-corrected chi connectivity index (χ0v) is 10.2. The fourth-order valence-electron chi connectivity index (χ4n) is 1.84. The largest absolute Gasteiger partial charge is 0.350 e. The summed E-state index contributed by atoms with van der Waals surface area (Å²) in [5, 5.41) is 0.778. The number of thiazole rings is 1. The summed E-state index contributed by atoms with van der Waals surface area (Å²) in [4.78, 5) is 9.90. The maximum Gasteiger partial charge on any atom is 0.208 e. The summed E-state index contributed by atoms with van der Waals surface area (Å²) >= 11 is 1.58. The highest BCUT2D eigenvalue weighted by Gasteiger charge is 2.15. The van der Waals surface area contributed by atoms with Gasteiger partial charge in [0, 0.05) is 13.0 Å². The number of benzene rings is 1. The molecule has 1 aromatic carbocycles. The predicted molar refractivity (Wildman–Crippen MR) is 67.9 cm³/mol.